The minimum atomic E-state index is -5.15. The molecule has 10 nitrogen and oxygen atoms in total. The van der Waals surface area contributed by atoms with Crippen molar-refractivity contribution in [1.29, 1.82) is 0 Å². The molecule has 0 amide bonds. The molecule has 0 fully saturated rings. The molecule has 0 aromatic heterocycles. The second-order valence-electron chi connectivity index (χ2n) is 9.94. The molecule has 0 saturated heterocycles. The third-order valence-electron chi connectivity index (χ3n) is 6.42. The number of carbonyl (C=O) groups is 1. The molecule has 0 saturated carbocycles. The van der Waals surface area contributed by atoms with Crippen LogP contribution in [-0.4, -0.2) is 37.6 Å². The summed E-state index contributed by atoms with van der Waals surface area (Å²) in [7, 11) is -15.0. The van der Waals surface area contributed by atoms with Crippen molar-refractivity contribution in [2.75, 3.05) is 6.61 Å². The van der Waals surface area contributed by atoms with Gasteiger partial charge in [0.15, 0.2) is 11.5 Å². The van der Waals surface area contributed by atoms with Gasteiger partial charge in [-0.1, -0.05) is 0 Å². The fourth-order valence-electron chi connectivity index (χ4n) is 3.90. The average Bonchev–Trinajstić information content (AvgIpc) is 3.02. The van der Waals surface area contributed by atoms with Crippen LogP contribution in [0.2, 0.25) is 0 Å². The predicted molar refractivity (Wildman–Crippen MR) is 154 cm³/mol. The summed E-state index contributed by atoms with van der Waals surface area (Å²) in [4.78, 5) is 10.5. The van der Waals surface area contributed by atoms with Crippen LogP contribution < -0.4 is 8.37 Å². The first kappa shape index (κ1) is 39.1. The zero-order valence-electron chi connectivity index (χ0n) is 24.6. The number of ketones is 1. The largest absolute Gasteiger partial charge is 0.416 e. The zero-order valence-corrected chi connectivity index (χ0v) is 27.0. The van der Waals surface area contributed by atoms with Crippen LogP contribution in [0.3, 0.4) is 0 Å². The fourth-order valence-corrected chi connectivity index (χ4v) is 6.63. The van der Waals surface area contributed by atoms with Crippen molar-refractivity contribution in [3.63, 3.8) is 0 Å². The van der Waals surface area contributed by atoms with Crippen LogP contribution in [0.25, 0.3) is 0 Å². The summed E-state index contributed by atoms with van der Waals surface area (Å²) < 4.78 is 207. The van der Waals surface area contributed by atoms with E-state index in [1.54, 1.807) is 0 Å². The number of carbonyl (C=O) groups excluding carboxylic acids is 1. The molecule has 4 aromatic carbocycles. The van der Waals surface area contributed by atoms with Gasteiger partial charge >= 0.3 is 38.8 Å². The molecule has 0 atom stereocenters. The molecular formula is C29H17F9O10S3. The maximum atomic E-state index is 13.0. The number of hydrogen-bond acceptors (Lipinski definition) is 10. The van der Waals surface area contributed by atoms with Crippen LogP contribution in [0.5, 0.6) is 11.5 Å². The van der Waals surface area contributed by atoms with E-state index < -0.39 is 110 Å². The molecule has 0 aliphatic heterocycles. The lowest BCUT2D eigenvalue weighted by atomic mass is 10.1. The van der Waals surface area contributed by atoms with Gasteiger partial charge in [-0.25, -0.2) is 0 Å². The molecule has 0 heterocycles. The van der Waals surface area contributed by atoms with Crippen LogP contribution in [0.1, 0.15) is 27.0 Å². The lowest BCUT2D eigenvalue weighted by molar-refractivity contribution is -0.138. The minimum absolute atomic E-state index is 0.373. The second kappa shape index (κ2) is 13.8. The number of hydrogen-bond donors (Lipinski definition) is 0. The van der Waals surface area contributed by atoms with Crippen molar-refractivity contribution in [1.82, 2.24) is 0 Å². The lowest BCUT2D eigenvalue weighted by Gasteiger charge is -2.14. The van der Waals surface area contributed by atoms with Crippen molar-refractivity contribution in [3.8, 4) is 11.5 Å². The van der Waals surface area contributed by atoms with Gasteiger partial charge in [-0.3, -0.25) is 8.98 Å². The Bertz CT molecular complexity index is 2250. The van der Waals surface area contributed by atoms with Crippen LogP contribution in [0.4, 0.5) is 39.5 Å². The van der Waals surface area contributed by atoms with Crippen LogP contribution >= 0.6 is 0 Å². The fraction of sp³-hybridized carbons (Fsp3) is 0.138. The first-order valence-corrected chi connectivity index (χ1v) is 17.5. The van der Waals surface area contributed by atoms with Gasteiger partial charge in [0.2, 0.25) is 0 Å². The summed E-state index contributed by atoms with van der Waals surface area (Å²) in [6.07, 6.45) is -14.5. The average molecular weight is 793 g/mol. The first-order chi connectivity index (χ1) is 23.3. The van der Waals surface area contributed by atoms with E-state index in [1.807, 2.05) is 0 Å². The SMILES string of the molecule is O=C(COS(=O)(=O)c1ccc(C(F)(F)F)cc1)c1ccc(OS(=O)(=O)c2ccc(C(F)(F)F)cc2)cc1OS(=O)(=O)c1ccc(C(F)(F)F)cc1. The third-order valence-corrected chi connectivity index (χ3v) is 10.2. The van der Waals surface area contributed by atoms with E-state index in [0.29, 0.717) is 84.9 Å². The monoisotopic (exact) mass is 792 g/mol. The van der Waals surface area contributed by atoms with E-state index in [2.05, 4.69) is 4.18 Å². The second-order valence-corrected chi connectivity index (χ2v) is 14.6. The Morgan fingerprint density at radius 2 is 0.843 bits per heavy atom. The summed E-state index contributed by atoms with van der Waals surface area (Å²) in [6, 6.07) is 7.34. The highest BCUT2D eigenvalue weighted by molar-refractivity contribution is 7.87. The van der Waals surface area contributed by atoms with Crippen molar-refractivity contribution < 1.29 is 82.1 Å². The topological polar surface area (TPSA) is 147 Å². The van der Waals surface area contributed by atoms with Crippen molar-refractivity contribution in [2.24, 2.45) is 0 Å². The Hall–Kier alpha value is -4.67. The molecule has 0 spiro atoms. The standard InChI is InChI=1S/C29H17F9O10S3/c30-27(31,32)17-1-8-21(9-2-17)49(40,41)46-16-25(39)24-14-7-20(47-50(42,43)22-10-3-18(4-11-22)28(33,34)35)15-26(24)48-51(44,45)23-12-5-19(6-13-23)29(36,37)38/h1-15H,16H2. The molecule has 0 aliphatic rings. The van der Waals surface area contributed by atoms with Gasteiger partial charge in [-0.15, -0.1) is 0 Å². The van der Waals surface area contributed by atoms with Gasteiger partial charge in [0.1, 0.15) is 22.1 Å². The summed E-state index contributed by atoms with van der Waals surface area (Å²) in [5.74, 6) is -3.29. The quantitative estimate of drug-likeness (QED) is 0.0896. The van der Waals surface area contributed by atoms with E-state index in [1.165, 1.54) is 0 Å². The molecule has 4 rings (SSSR count). The van der Waals surface area contributed by atoms with E-state index in [9.17, 15) is 69.6 Å². The molecule has 4 aromatic rings. The number of benzene rings is 4. The van der Waals surface area contributed by atoms with E-state index in [-0.39, 0.29) is 0 Å². The van der Waals surface area contributed by atoms with Gasteiger partial charge in [-0.05, 0) is 84.9 Å². The molecule has 0 bridgehead atoms. The van der Waals surface area contributed by atoms with Gasteiger partial charge in [0.05, 0.1) is 27.1 Å². The molecule has 22 heteroatoms. The molecule has 51 heavy (non-hydrogen) atoms. The van der Waals surface area contributed by atoms with Gasteiger partial charge < -0.3 is 8.37 Å². The molecule has 274 valence electrons. The van der Waals surface area contributed by atoms with Crippen LogP contribution in [-0.2, 0) is 53.1 Å². The number of halogens is 9. The van der Waals surface area contributed by atoms with Gasteiger partial charge in [0.25, 0.3) is 10.1 Å². The number of Topliss-reactive ketones (excluding diaryl/α,β-unsaturated/α-hetero) is 1. The highest BCUT2D eigenvalue weighted by Crippen LogP contribution is 2.34. The molecule has 0 N–H and O–H groups in total. The summed E-state index contributed by atoms with van der Waals surface area (Å²) in [6.45, 7) is -1.44. The molecule has 0 aliphatic carbocycles. The van der Waals surface area contributed by atoms with Crippen molar-refractivity contribution >= 4 is 36.1 Å². The third kappa shape index (κ3) is 9.56. The van der Waals surface area contributed by atoms with Crippen molar-refractivity contribution in [3.05, 3.63) is 113 Å². The van der Waals surface area contributed by atoms with Crippen molar-refractivity contribution in [2.45, 2.75) is 33.2 Å². The normalized spacial score (nSPS) is 13.1. The maximum absolute atomic E-state index is 13.0. The molecule has 0 radical (unpaired) electrons. The minimum Gasteiger partial charge on any atom is -0.379 e. The summed E-state index contributed by atoms with van der Waals surface area (Å²) in [5.41, 5.74) is -4.52. The van der Waals surface area contributed by atoms with E-state index in [4.69, 9.17) is 8.37 Å². The van der Waals surface area contributed by atoms with E-state index in [0.717, 1.165) is 6.07 Å². The van der Waals surface area contributed by atoms with Crippen LogP contribution in [0.15, 0.2) is 106 Å². The maximum Gasteiger partial charge on any atom is 0.416 e. The van der Waals surface area contributed by atoms with Crippen LogP contribution in [0, 0.1) is 0 Å². The predicted octanol–water partition coefficient (Wildman–Crippen LogP) is 6.87. The zero-order chi connectivity index (χ0) is 38.2. The number of alkyl halides is 9. The highest BCUT2D eigenvalue weighted by Gasteiger charge is 2.33. The molecule has 0 unspecified atom stereocenters. The van der Waals surface area contributed by atoms with Gasteiger partial charge in [0, 0.05) is 6.07 Å². The van der Waals surface area contributed by atoms with E-state index >= 15 is 0 Å². The Balaban J connectivity index is 1.67. The highest BCUT2D eigenvalue weighted by atomic mass is 32.2. The number of rotatable bonds is 11. The summed E-state index contributed by atoms with van der Waals surface area (Å²) >= 11 is 0. The Morgan fingerprint density at radius 1 is 0.490 bits per heavy atom. The Kier molecular flexibility index (Phi) is 10.6. The lowest BCUT2D eigenvalue weighted by Crippen LogP contribution is -2.18. The Labute approximate surface area is 282 Å². The first-order valence-electron chi connectivity index (χ1n) is 13.3. The Morgan fingerprint density at radius 3 is 1.22 bits per heavy atom. The molecular weight excluding hydrogens is 775 g/mol. The smallest absolute Gasteiger partial charge is 0.379 e. The van der Waals surface area contributed by atoms with Gasteiger partial charge in [-0.2, -0.15) is 64.8 Å². The summed E-state index contributed by atoms with van der Waals surface area (Å²) in [5, 5.41) is 0.